The Hall–Kier alpha value is -2.04. The molecule has 2 N–H and O–H groups in total. The normalized spacial score (nSPS) is 11.6. The second-order valence-corrected chi connectivity index (χ2v) is 3.06. The van der Waals surface area contributed by atoms with Crippen molar-refractivity contribution >= 4 is 12.4 Å². The number of nitrogens with one attached hydrogen (secondary N) is 1. The number of carboxylic acids is 1. The minimum Gasteiger partial charge on any atom is -0.494 e. The van der Waals surface area contributed by atoms with E-state index >= 15 is 0 Å². The summed E-state index contributed by atoms with van der Waals surface area (Å²) in [6.45, 7) is 2.41. The quantitative estimate of drug-likeness (QED) is 0.704. The van der Waals surface area contributed by atoms with E-state index in [0.717, 1.165) is 0 Å². The van der Waals surface area contributed by atoms with Crippen molar-refractivity contribution in [2.24, 2.45) is 0 Å². The Morgan fingerprint density at radius 2 is 2.12 bits per heavy atom. The fourth-order valence-electron chi connectivity index (χ4n) is 1.30. The molecule has 0 saturated carbocycles. The zero-order valence-electron chi connectivity index (χ0n) is 8.84. The molecule has 0 aliphatic rings. The molecule has 0 heterocycles. The maximum Gasteiger partial charge on any atom is 0.330 e. The summed E-state index contributed by atoms with van der Waals surface area (Å²) >= 11 is 0. The van der Waals surface area contributed by atoms with E-state index < -0.39 is 12.0 Å². The highest BCUT2D eigenvalue weighted by Gasteiger charge is 2.18. The van der Waals surface area contributed by atoms with Crippen molar-refractivity contribution < 1.29 is 19.4 Å². The summed E-state index contributed by atoms with van der Waals surface area (Å²) < 4.78 is 5.22. The van der Waals surface area contributed by atoms with E-state index in [1.807, 2.05) is 6.92 Å². The van der Waals surface area contributed by atoms with Crippen molar-refractivity contribution in [3.05, 3.63) is 29.8 Å². The van der Waals surface area contributed by atoms with Crippen LogP contribution in [0.2, 0.25) is 0 Å². The van der Waals surface area contributed by atoms with Crippen LogP contribution in [-0.2, 0) is 9.59 Å². The van der Waals surface area contributed by atoms with Gasteiger partial charge in [-0.2, -0.15) is 0 Å². The number of carbonyl (C=O) groups excluding carboxylic acids is 1. The molecule has 1 amide bonds. The molecule has 5 heteroatoms. The number of benzene rings is 1. The van der Waals surface area contributed by atoms with Gasteiger partial charge in [0.05, 0.1) is 6.61 Å². The van der Waals surface area contributed by atoms with Crippen LogP contribution in [0.25, 0.3) is 0 Å². The number of hydrogen-bond acceptors (Lipinski definition) is 3. The first kappa shape index (κ1) is 12.0. The maximum absolute atomic E-state index is 10.8. The summed E-state index contributed by atoms with van der Waals surface area (Å²) in [5.41, 5.74) is 0.503. The van der Waals surface area contributed by atoms with E-state index in [2.05, 4.69) is 5.32 Å². The molecule has 0 fully saturated rings. The van der Waals surface area contributed by atoms with Gasteiger partial charge in [-0.05, 0) is 24.6 Å². The molecule has 86 valence electrons. The van der Waals surface area contributed by atoms with Gasteiger partial charge in [0.1, 0.15) is 5.75 Å². The Balaban J connectivity index is 2.85. The van der Waals surface area contributed by atoms with Crippen LogP contribution in [0.15, 0.2) is 24.3 Å². The van der Waals surface area contributed by atoms with Gasteiger partial charge in [0, 0.05) is 0 Å². The highest BCUT2D eigenvalue weighted by atomic mass is 16.5. The predicted molar refractivity (Wildman–Crippen MR) is 57.2 cm³/mol. The van der Waals surface area contributed by atoms with Gasteiger partial charge in [-0.1, -0.05) is 12.1 Å². The molecule has 1 unspecified atom stereocenters. The molecule has 0 aliphatic heterocycles. The minimum atomic E-state index is -1.10. The molecule has 0 spiro atoms. The van der Waals surface area contributed by atoms with Gasteiger partial charge in [0.2, 0.25) is 6.41 Å². The monoisotopic (exact) mass is 223 g/mol. The highest BCUT2D eigenvalue weighted by Crippen LogP contribution is 2.17. The Kier molecular flexibility index (Phi) is 4.32. The van der Waals surface area contributed by atoms with E-state index in [1.165, 1.54) is 0 Å². The van der Waals surface area contributed by atoms with Gasteiger partial charge in [-0.25, -0.2) is 4.79 Å². The molecule has 0 bridgehead atoms. The molecule has 0 aromatic heterocycles. The minimum absolute atomic E-state index is 0.370. The zero-order chi connectivity index (χ0) is 12.0. The highest BCUT2D eigenvalue weighted by molar-refractivity contribution is 5.78. The van der Waals surface area contributed by atoms with E-state index in [4.69, 9.17) is 9.84 Å². The van der Waals surface area contributed by atoms with Gasteiger partial charge in [-0.15, -0.1) is 0 Å². The lowest BCUT2D eigenvalue weighted by atomic mass is 10.1. The van der Waals surface area contributed by atoms with Crippen LogP contribution in [0.1, 0.15) is 18.5 Å². The van der Waals surface area contributed by atoms with Crippen LogP contribution in [-0.4, -0.2) is 24.1 Å². The van der Waals surface area contributed by atoms with Gasteiger partial charge in [0.25, 0.3) is 0 Å². The van der Waals surface area contributed by atoms with Crippen LogP contribution >= 0.6 is 0 Å². The second-order valence-electron chi connectivity index (χ2n) is 3.06. The van der Waals surface area contributed by atoms with Crippen LogP contribution in [0.5, 0.6) is 5.75 Å². The first-order valence-corrected chi connectivity index (χ1v) is 4.84. The fourth-order valence-corrected chi connectivity index (χ4v) is 1.30. The number of aliphatic carboxylic acids is 1. The summed E-state index contributed by atoms with van der Waals surface area (Å²) in [4.78, 5) is 21.1. The van der Waals surface area contributed by atoms with Gasteiger partial charge >= 0.3 is 5.97 Å². The molecule has 0 radical (unpaired) electrons. The SMILES string of the molecule is CCOc1ccc(C(NC=O)C(=O)O)cc1. The van der Waals surface area contributed by atoms with Gasteiger partial charge in [0.15, 0.2) is 6.04 Å². The Morgan fingerprint density at radius 3 is 2.56 bits per heavy atom. The number of rotatable bonds is 6. The number of carboxylic acid groups (broad SMARTS) is 1. The van der Waals surface area contributed by atoms with E-state index in [1.54, 1.807) is 24.3 Å². The third-order valence-corrected chi connectivity index (χ3v) is 2.01. The predicted octanol–water partition coefficient (Wildman–Crippen LogP) is 0.957. The van der Waals surface area contributed by atoms with Crippen LogP contribution in [0.4, 0.5) is 0 Å². The van der Waals surface area contributed by atoms with Crippen molar-refractivity contribution in [3.8, 4) is 5.75 Å². The van der Waals surface area contributed by atoms with Crippen LogP contribution in [0, 0.1) is 0 Å². The number of amides is 1. The molecule has 1 aromatic carbocycles. The molecule has 5 nitrogen and oxygen atoms in total. The lowest BCUT2D eigenvalue weighted by Crippen LogP contribution is -2.27. The summed E-state index contributed by atoms with van der Waals surface area (Å²) in [6, 6.07) is 5.54. The molecule has 1 aromatic rings. The Morgan fingerprint density at radius 1 is 1.50 bits per heavy atom. The molecule has 1 rings (SSSR count). The summed E-state index contributed by atoms with van der Waals surface area (Å²) in [6.07, 6.45) is 0.370. The first-order chi connectivity index (χ1) is 7.69. The third kappa shape index (κ3) is 2.98. The average molecular weight is 223 g/mol. The smallest absolute Gasteiger partial charge is 0.330 e. The lowest BCUT2D eigenvalue weighted by Gasteiger charge is -2.12. The van der Waals surface area contributed by atoms with Crippen LogP contribution < -0.4 is 10.1 Å². The average Bonchev–Trinajstić information content (AvgIpc) is 2.27. The number of ether oxygens (including phenoxy) is 1. The van der Waals surface area contributed by atoms with Crippen molar-refractivity contribution in [3.63, 3.8) is 0 Å². The standard InChI is InChI=1S/C11H13NO4/c1-2-16-9-5-3-8(4-6-9)10(11(14)15)12-7-13/h3-7,10H,2H2,1H3,(H,12,13)(H,14,15). The van der Waals surface area contributed by atoms with Gasteiger partial charge < -0.3 is 15.2 Å². The molecular weight excluding hydrogens is 210 g/mol. The largest absolute Gasteiger partial charge is 0.494 e. The molecule has 0 saturated heterocycles. The van der Waals surface area contributed by atoms with Crippen molar-refractivity contribution in [2.45, 2.75) is 13.0 Å². The van der Waals surface area contributed by atoms with Gasteiger partial charge in [-0.3, -0.25) is 4.79 Å². The van der Waals surface area contributed by atoms with E-state index in [0.29, 0.717) is 24.3 Å². The fraction of sp³-hybridized carbons (Fsp3) is 0.273. The second kappa shape index (κ2) is 5.75. The number of carbonyl (C=O) groups is 2. The lowest BCUT2D eigenvalue weighted by molar-refractivity contribution is -0.140. The van der Waals surface area contributed by atoms with Crippen molar-refractivity contribution in [1.29, 1.82) is 0 Å². The summed E-state index contributed by atoms with van der Waals surface area (Å²) in [5, 5.41) is 11.1. The molecule has 16 heavy (non-hydrogen) atoms. The van der Waals surface area contributed by atoms with E-state index in [9.17, 15) is 9.59 Å². The molecule has 1 atom stereocenters. The van der Waals surface area contributed by atoms with E-state index in [-0.39, 0.29) is 0 Å². The molecular formula is C11H13NO4. The zero-order valence-corrected chi connectivity index (χ0v) is 8.84. The first-order valence-electron chi connectivity index (χ1n) is 4.84. The number of hydrogen-bond donors (Lipinski definition) is 2. The maximum atomic E-state index is 10.8. The summed E-state index contributed by atoms with van der Waals surface area (Å²) in [5.74, 6) is -0.433. The summed E-state index contributed by atoms with van der Waals surface area (Å²) in [7, 11) is 0. The Bertz CT molecular complexity index is 361. The van der Waals surface area contributed by atoms with Crippen LogP contribution in [0.3, 0.4) is 0 Å². The topological polar surface area (TPSA) is 75.6 Å². The Labute approximate surface area is 93.0 Å². The van der Waals surface area contributed by atoms with Crippen molar-refractivity contribution in [1.82, 2.24) is 5.32 Å². The van der Waals surface area contributed by atoms with Crippen molar-refractivity contribution in [2.75, 3.05) is 6.61 Å². The molecule has 0 aliphatic carbocycles. The third-order valence-electron chi connectivity index (χ3n) is 2.01.